The number of hydrogen-bond donors (Lipinski definition) is 2. The first-order valence-electron chi connectivity index (χ1n) is 8.80. The van der Waals surface area contributed by atoms with Crippen LogP contribution in [0, 0.1) is 0 Å². The van der Waals surface area contributed by atoms with Gasteiger partial charge in [-0.25, -0.2) is 0 Å². The quantitative estimate of drug-likeness (QED) is 0.689. The predicted octanol–water partition coefficient (Wildman–Crippen LogP) is 4.11. The summed E-state index contributed by atoms with van der Waals surface area (Å²) in [6.45, 7) is 0.863. The zero-order chi connectivity index (χ0) is 17.7. The number of benzene rings is 2. The summed E-state index contributed by atoms with van der Waals surface area (Å²) >= 11 is 0. The number of H-pyrrole nitrogens is 1. The van der Waals surface area contributed by atoms with E-state index in [0.717, 1.165) is 18.5 Å². The Hall–Kier alpha value is -3.27. The average Bonchev–Trinajstić information content (AvgIpc) is 3.06. The first-order valence-corrected chi connectivity index (χ1v) is 8.80. The molecule has 3 heterocycles. The minimum atomic E-state index is -0.153. The van der Waals surface area contributed by atoms with Crippen LogP contribution in [0.5, 0.6) is 5.75 Å². The van der Waals surface area contributed by atoms with Crippen LogP contribution < -0.4 is 0 Å². The van der Waals surface area contributed by atoms with Gasteiger partial charge in [0.15, 0.2) is 5.78 Å². The number of phenolic OH excluding ortho intramolecular Hbond substituents is 1. The normalized spacial score (nSPS) is 18.4. The lowest BCUT2D eigenvalue weighted by Crippen LogP contribution is -2.32. The molecule has 0 aliphatic carbocycles. The minimum absolute atomic E-state index is 0.0190. The van der Waals surface area contributed by atoms with Gasteiger partial charge in [-0.05, 0) is 30.2 Å². The second-order valence-corrected chi connectivity index (χ2v) is 6.79. The van der Waals surface area contributed by atoms with Crippen molar-refractivity contribution in [3.05, 3.63) is 89.3 Å². The smallest absolute Gasteiger partial charge is 0.198 e. The van der Waals surface area contributed by atoms with E-state index >= 15 is 0 Å². The number of nitrogens with one attached hydrogen (secondary N) is 1. The van der Waals surface area contributed by atoms with E-state index in [9.17, 15) is 9.90 Å². The molecule has 0 spiro atoms. The van der Waals surface area contributed by atoms with E-state index < -0.39 is 0 Å². The van der Waals surface area contributed by atoms with Gasteiger partial charge in [0.2, 0.25) is 0 Å². The van der Waals surface area contributed by atoms with Crippen molar-refractivity contribution in [3.8, 4) is 5.75 Å². The highest BCUT2D eigenvalue weighted by Crippen LogP contribution is 2.38. The molecule has 2 N–H and O–H groups in total. The van der Waals surface area contributed by atoms with Gasteiger partial charge in [0.05, 0.1) is 11.6 Å². The highest BCUT2D eigenvalue weighted by molar-refractivity contribution is 6.12. The average molecular weight is 342 g/mol. The van der Waals surface area contributed by atoms with Crippen molar-refractivity contribution in [3.63, 3.8) is 0 Å². The van der Waals surface area contributed by atoms with E-state index in [4.69, 9.17) is 0 Å². The first-order chi connectivity index (χ1) is 12.7. The molecule has 0 saturated heterocycles. The van der Waals surface area contributed by atoms with Crippen LogP contribution in [0.4, 0.5) is 0 Å². The van der Waals surface area contributed by atoms with Crippen molar-refractivity contribution >= 4 is 16.7 Å². The Bertz CT molecular complexity index is 1090. The second kappa shape index (κ2) is 5.63. The lowest BCUT2D eigenvalue weighted by atomic mass is 9.93. The summed E-state index contributed by atoms with van der Waals surface area (Å²) in [5.74, 6) is -0.134. The summed E-state index contributed by atoms with van der Waals surface area (Å²) in [6.07, 6.45) is 6.81. The summed E-state index contributed by atoms with van der Waals surface area (Å²) < 4.78 is 0. The number of aromatic amines is 1. The van der Waals surface area contributed by atoms with E-state index in [-0.39, 0.29) is 17.6 Å². The van der Waals surface area contributed by atoms with Crippen LogP contribution in [0.2, 0.25) is 0 Å². The van der Waals surface area contributed by atoms with Gasteiger partial charge < -0.3 is 15.0 Å². The van der Waals surface area contributed by atoms with Crippen molar-refractivity contribution in [1.29, 1.82) is 0 Å². The van der Waals surface area contributed by atoms with Crippen LogP contribution in [0.25, 0.3) is 10.9 Å². The number of Topliss-reactive ketones (excluding diaryl/α,β-unsaturated/α-hetero) is 1. The molecule has 0 fully saturated rings. The zero-order valence-corrected chi connectivity index (χ0v) is 14.1. The highest BCUT2D eigenvalue weighted by atomic mass is 16.3. The number of fused-ring (bicyclic) bond motifs is 5. The number of aromatic hydroxyl groups is 1. The fraction of sp³-hybridized carbons (Fsp3) is 0.136. The van der Waals surface area contributed by atoms with Gasteiger partial charge in [-0.15, -0.1) is 0 Å². The first kappa shape index (κ1) is 15.0. The molecule has 1 atom stereocenters. The number of allylic oxidation sites excluding steroid dienone is 2. The van der Waals surface area contributed by atoms with E-state index in [1.165, 1.54) is 16.6 Å². The van der Waals surface area contributed by atoms with Gasteiger partial charge in [0.25, 0.3) is 0 Å². The summed E-state index contributed by atoms with van der Waals surface area (Å²) in [5.41, 5.74) is 4.68. The minimum Gasteiger partial charge on any atom is -0.507 e. The maximum absolute atomic E-state index is 12.8. The monoisotopic (exact) mass is 342 g/mol. The molecule has 128 valence electrons. The van der Waals surface area contributed by atoms with Crippen molar-refractivity contribution in [1.82, 2.24) is 9.88 Å². The lowest BCUT2D eigenvalue weighted by Gasteiger charge is -2.35. The molecular formula is C22H18N2O2. The largest absolute Gasteiger partial charge is 0.507 e. The Balaban J connectivity index is 1.51. The van der Waals surface area contributed by atoms with Gasteiger partial charge >= 0.3 is 0 Å². The van der Waals surface area contributed by atoms with Gasteiger partial charge in [0, 0.05) is 34.9 Å². The van der Waals surface area contributed by atoms with Crippen LogP contribution >= 0.6 is 0 Å². The zero-order valence-electron chi connectivity index (χ0n) is 14.1. The molecule has 26 heavy (non-hydrogen) atoms. The fourth-order valence-electron chi connectivity index (χ4n) is 4.01. The predicted molar refractivity (Wildman–Crippen MR) is 101 cm³/mol. The molecule has 1 aromatic heterocycles. The maximum atomic E-state index is 12.8. The number of carbonyl (C=O) groups excluding carboxylic acids is 1. The molecule has 2 aliphatic heterocycles. The van der Waals surface area contributed by atoms with E-state index in [0.29, 0.717) is 11.1 Å². The standard InChI is InChI=1S/C22H18N2O2/c25-20-8-4-2-6-17(20)22(26)14-9-10-19-21-16(11-12-24(19)13-14)15-5-1-3-7-18(15)23-21/h1-10,13,19,23,25H,11-12H2. The molecule has 4 nitrogen and oxygen atoms in total. The Morgan fingerprint density at radius 3 is 2.81 bits per heavy atom. The third kappa shape index (κ3) is 2.19. The number of carbonyl (C=O) groups is 1. The molecule has 2 aliphatic rings. The van der Waals surface area contributed by atoms with Crippen LogP contribution in [-0.4, -0.2) is 27.3 Å². The third-order valence-electron chi connectivity index (χ3n) is 5.29. The number of ketones is 1. The Labute approximate surface area is 151 Å². The van der Waals surface area contributed by atoms with Crippen molar-refractivity contribution < 1.29 is 9.90 Å². The topological polar surface area (TPSA) is 56.3 Å². The molecule has 0 bridgehead atoms. The van der Waals surface area contributed by atoms with E-state index in [1.54, 1.807) is 24.3 Å². The Morgan fingerprint density at radius 1 is 1.12 bits per heavy atom. The molecule has 2 aromatic carbocycles. The van der Waals surface area contributed by atoms with E-state index in [2.05, 4.69) is 34.2 Å². The maximum Gasteiger partial charge on any atom is 0.198 e. The molecule has 0 amide bonds. The number of nitrogens with zero attached hydrogens (tertiary/aromatic N) is 1. The lowest BCUT2D eigenvalue weighted by molar-refractivity contribution is 0.103. The second-order valence-electron chi connectivity index (χ2n) is 6.79. The van der Waals surface area contributed by atoms with Gasteiger partial charge in [-0.2, -0.15) is 0 Å². The molecule has 4 heteroatoms. The number of para-hydroxylation sites is 2. The Kier molecular flexibility index (Phi) is 3.25. The number of rotatable bonds is 2. The van der Waals surface area contributed by atoms with Crippen LogP contribution in [0.15, 0.2) is 72.5 Å². The Morgan fingerprint density at radius 2 is 1.92 bits per heavy atom. The number of hydrogen-bond acceptors (Lipinski definition) is 3. The molecule has 0 saturated carbocycles. The third-order valence-corrected chi connectivity index (χ3v) is 5.29. The van der Waals surface area contributed by atoms with E-state index in [1.807, 2.05) is 18.3 Å². The van der Waals surface area contributed by atoms with Crippen molar-refractivity contribution in [2.24, 2.45) is 0 Å². The molecule has 1 unspecified atom stereocenters. The number of aromatic nitrogens is 1. The van der Waals surface area contributed by atoms with Gasteiger partial charge in [0.1, 0.15) is 5.75 Å². The molecule has 3 aromatic rings. The molecule has 5 rings (SSSR count). The molecule has 0 radical (unpaired) electrons. The van der Waals surface area contributed by atoms with Crippen LogP contribution in [0.1, 0.15) is 27.7 Å². The van der Waals surface area contributed by atoms with Gasteiger partial charge in [-0.1, -0.05) is 42.5 Å². The van der Waals surface area contributed by atoms with Crippen molar-refractivity contribution in [2.75, 3.05) is 6.54 Å². The fourth-order valence-corrected chi connectivity index (χ4v) is 4.01. The summed E-state index contributed by atoms with van der Waals surface area (Å²) in [5, 5.41) is 11.3. The molecular weight excluding hydrogens is 324 g/mol. The van der Waals surface area contributed by atoms with Crippen LogP contribution in [-0.2, 0) is 6.42 Å². The number of phenols is 1. The van der Waals surface area contributed by atoms with Crippen molar-refractivity contribution in [2.45, 2.75) is 12.5 Å². The highest BCUT2D eigenvalue weighted by Gasteiger charge is 2.30. The summed E-state index contributed by atoms with van der Waals surface area (Å²) in [4.78, 5) is 18.5. The van der Waals surface area contributed by atoms with Crippen LogP contribution in [0.3, 0.4) is 0 Å². The summed E-state index contributed by atoms with van der Waals surface area (Å²) in [7, 11) is 0. The van der Waals surface area contributed by atoms with Gasteiger partial charge in [-0.3, -0.25) is 4.79 Å². The SMILES string of the molecule is O=C(C1=CN2CCc3c([nH]c4ccccc34)C2C=C1)c1ccccc1O. The summed E-state index contributed by atoms with van der Waals surface area (Å²) in [6, 6.07) is 15.2.